The zero-order valence-corrected chi connectivity index (χ0v) is 19.6. The van der Waals surface area contributed by atoms with Gasteiger partial charge in [0.25, 0.3) is 0 Å². The van der Waals surface area contributed by atoms with Crippen molar-refractivity contribution in [3.05, 3.63) is 5.82 Å². The van der Waals surface area contributed by atoms with Gasteiger partial charge in [-0.3, -0.25) is 14.5 Å². The number of likely N-dealkylation sites (tertiary alicyclic amines) is 1. The highest BCUT2D eigenvalue weighted by atomic mass is 35.5. The maximum absolute atomic E-state index is 11.9. The van der Waals surface area contributed by atoms with E-state index < -0.39 is 24.0 Å². The summed E-state index contributed by atoms with van der Waals surface area (Å²) in [5.74, 6) is 0.908. The lowest BCUT2D eigenvalue weighted by Crippen LogP contribution is -2.50. The molecule has 0 bridgehead atoms. The molecule has 1 aromatic rings. The first kappa shape index (κ1) is 24.9. The fourth-order valence-corrected chi connectivity index (χ4v) is 5.71. The number of hydrogen-bond donors (Lipinski definition) is 3. The summed E-state index contributed by atoms with van der Waals surface area (Å²) < 4.78 is 0. The number of aromatic nitrogens is 4. The molecule has 1 aliphatic carbocycles. The maximum Gasteiger partial charge on any atom is 0.321 e. The molecule has 6 atom stereocenters. The van der Waals surface area contributed by atoms with Gasteiger partial charge in [-0.25, -0.2) is 0 Å². The lowest BCUT2D eigenvalue weighted by atomic mass is 9.69. The number of halogens is 1. The van der Waals surface area contributed by atoms with Crippen LogP contribution in [0.25, 0.3) is 0 Å². The Bertz CT molecular complexity index is 805. The number of nitrogens with zero attached hydrogens (tertiary/aromatic N) is 5. The minimum absolute atomic E-state index is 0. The van der Waals surface area contributed by atoms with Crippen LogP contribution in [-0.4, -0.2) is 79.0 Å². The molecule has 180 valence electrons. The number of piperidine rings is 1. The molecule has 3 N–H and O–H groups in total. The van der Waals surface area contributed by atoms with Gasteiger partial charge in [0.05, 0.1) is 6.04 Å². The Hall–Kier alpha value is -1.78. The molecule has 0 spiro atoms. The Morgan fingerprint density at radius 2 is 1.91 bits per heavy atom. The number of carboxylic acids is 2. The van der Waals surface area contributed by atoms with Gasteiger partial charge in [0.1, 0.15) is 12.1 Å². The van der Waals surface area contributed by atoms with Crippen LogP contribution in [0, 0.1) is 23.7 Å². The predicted octanol–water partition coefficient (Wildman–Crippen LogP) is 1.47. The maximum atomic E-state index is 11.9. The largest absolute Gasteiger partial charge is 0.480 e. The van der Waals surface area contributed by atoms with E-state index in [1.807, 2.05) is 0 Å². The van der Waals surface area contributed by atoms with Gasteiger partial charge in [-0.15, -0.1) is 22.6 Å². The summed E-state index contributed by atoms with van der Waals surface area (Å²) in [4.78, 5) is 27.0. The highest BCUT2D eigenvalue weighted by Gasteiger charge is 2.42. The van der Waals surface area contributed by atoms with E-state index in [2.05, 4.69) is 39.5 Å². The quantitative estimate of drug-likeness (QED) is 0.541. The fraction of sp³-hybridized carbons (Fsp3) is 0.857. The van der Waals surface area contributed by atoms with E-state index in [-0.39, 0.29) is 18.4 Å². The summed E-state index contributed by atoms with van der Waals surface area (Å²) >= 11 is 0. The lowest BCUT2D eigenvalue weighted by Gasteiger charge is -2.42. The third-order valence-electron chi connectivity index (χ3n) is 7.26. The minimum Gasteiger partial charge on any atom is -0.480 e. The molecule has 0 aromatic carbocycles. The number of rotatable bonds is 7. The molecule has 1 saturated carbocycles. The third kappa shape index (κ3) is 5.58. The Morgan fingerprint density at radius 1 is 1.12 bits per heavy atom. The summed E-state index contributed by atoms with van der Waals surface area (Å²) in [7, 11) is 0. The van der Waals surface area contributed by atoms with Crippen molar-refractivity contribution in [1.82, 2.24) is 30.4 Å². The molecule has 3 aliphatic rings. The monoisotopic (exact) mass is 470 g/mol. The predicted molar refractivity (Wildman–Crippen MR) is 119 cm³/mol. The van der Waals surface area contributed by atoms with E-state index in [0.717, 1.165) is 38.8 Å². The summed E-state index contributed by atoms with van der Waals surface area (Å²) in [5.41, 5.74) is 0. The van der Waals surface area contributed by atoms with E-state index >= 15 is 0 Å². The molecule has 32 heavy (non-hydrogen) atoms. The second-order valence-electron chi connectivity index (χ2n) is 10.1. The fourth-order valence-electron chi connectivity index (χ4n) is 5.71. The van der Waals surface area contributed by atoms with Crippen molar-refractivity contribution in [2.24, 2.45) is 23.7 Å². The molecule has 0 radical (unpaired) electrons. The first-order valence-corrected chi connectivity index (χ1v) is 11.5. The summed E-state index contributed by atoms with van der Waals surface area (Å²) in [6.07, 6.45) is 5.03. The number of aliphatic carboxylic acids is 2. The van der Waals surface area contributed by atoms with Crippen LogP contribution in [0.3, 0.4) is 0 Å². The SMILES string of the molecule is CC(C)Cc1nnn([C@H]2C[C@@H](C(=O)O)N(C[C@H]3CC[C@H]4CN[C@H](C(=O)O)C[C@H]4C3)C2)n1.Cl. The number of carbonyl (C=O) groups is 2. The molecule has 1 aromatic heterocycles. The van der Waals surface area contributed by atoms with Gasteiger partial charge in [-0.2, -0.15) is 4.80 Å². The van der Waals surface area contributed by atoms with E-state index in [1.54, 1.807) is 4.80 Å². The molecule has 2 aliphatic heterocycles. The van der Waals surface area contributed by atoms with Crippen molar-refractivity contribution in [3.63, 3.8) is 0 Å². The second-order valence-corrected chi connectivity index (χ2v) is 10.1. The highest BCUT2D eigenvalue weighted by Crippen LogP contribution is 2.40. The molecular weight excluding hydrogens is 436 g/mol. The Kier molecular flexibility index (Phi) is 8.11. The standard InChI is InChI=1S/C21H34N6O4.ClH/c1-12(2)5-19-23-25-27(24-19)16-8-18(21(30)31)26(11-16)10-13-3-4-14-9-22-17(20(28)29)7-15(14)6-13;/h12-18,22H,3-11H2,1-2H3,(H,28,29)(H,30,31);1H/t13-,14-,15+,16-,17-,18-;/m0./s1. The second kappa shape index (κ2) is 10.4. The average molecular weight is 471 g/mol. The van der Waals surface area contributed by atoms with Gasteiger partial charge in [-0.05, 0) is 67.5 Å². The van der Waals surface area contributed by atoms with Crippen molar-refractivity contribution in [2.75, 3.05) is 19.6 Å². The van der Waals surface area contributed by atoms with Crippen LogP contribution < -0.4 is 5.32 Å². The molecule has 10 nitrogen and oxygen atoms in total. The first-order chi connectivity index (χ1) is 14.8. The summed E-state index contributed by atoms with van der Waals surface area (Å²) in [5, 5.41) is 35.1. The van der Waals surface area contributed by atoms with Gasteiger partial charge >= 0.3 is 11.9 Å². The Morgan fingerprint density at radius 3 is 2.59 bits per heavy atom. The summed E-state index contributed by atoms with van der Waals surface area (Å²) in [6.45, 7) is 6.32. The average Bonchev–Trinajstić information content (AvgIpc) is 3.34. The van der Waals surface area contributed by atoms with E-state index in [0.29, 0.717) is 48.9 Å². The van der Waals surface area contributed by atoms with Crippen LogP contribution in [0.2, 0.25) is 0 Å². The zero-order valence-electron chi connectivity index (χ0n) is 18.8. The molecule has 4 rings (SSSR count). The number of hydrogen-bond acceptors (Lipinski definition) is 7. The number of tetrazole rings is 1. The highest BCUT2D eigenvalue weighted by molar-refractivity contribution is 5.85. The molecule has 0 amide bonds. The van der Waals surface area contributed by atoms with Crippen molar-refractivity contribution in [1.29, 1.82) is 0 Å². The molecular formula is C21H35ClN6O4. The van der Waals surface area contributed by atoms with Gasteiger partial charge in [0.15, 0.2) is 5.82 Å². The molecule has 11 heteroatoms. The minimum atomic E-state index is -0.800. The smallest absolute Gasteiger partial charge is 0.321 e. The number of nitrogens with one attached hydrogen (secondary N) is 1. The van der Waals surface area contributed by atoms with Crippen LogP contribution >= 0.6 is 12.4 Å². The van der Waals surface area contributed by atoms with Crippen molar-refractivity contribution >= 4 is 24.3 Å². The van der Waals surface area contributed by atoms with E-state index in [9.17, 15) is 19.8 Å². The third-order valence-corrected chi connectivity index (χ3v) is 7.26. The Balaban J connectivity index is 0.00000289. The first-order valence-electron chi connectivity index (χ1n) is 11.5. The van der Waals surface area contributed by atoms with Crippen molar-refractivity contribution < 1.29 is 19.8 Å². The molecule has 3 heterocycles. The number of carboxylic acid groups (broad SMARTS) is 2. The van der Waals surface area contributed by atoms with Crippen LogP contribution in [0.5, 0.6) is 0 Å². The number of fused-ring (bicyclic) bond motifs is 1. The Labute approximate surface area is 194 Å². The van der Waals surface area contributed by atoms with Crippen LogP contribution in [0.15, 0.2) is 0 Å². The molecule has 0 unspecified atom stereocenters. The van der Waals surface area contributed by atoms with Crippen molar-refractivity contribution in [2.45, 2.75) is 70.5 Å². The summed E-state index contributed by atoms with van der Waals surface area (Å²) in [6, 6.07) is -1.08. The van der Waals surface area contributed by atoms with Gasteiger partial charge in [0, 0.05) is 19.5 Å². The topological polar surface area (TPSA) is 133 Å². The molecule has 2 saturated heterocycles. The zero-order chi connectivity index (χ0) is 22.1. The van der Waals surface area contributed by atoms with E-state index in [1.165, 1.54) is 0 Å². The van der Waals surface area contributed by atoms with Crippen LogP contribution in [0.4, 0.5) is 0 Å². The van der Waals surface area contributed by atoms with Gasteiger partial charge < -0.3 is 15.5 Å². The molecule has 3 fully saturated rings. The van der Waals surface area contributed by atoms with Crippen LogP contribution in [0.1, 0.15) is 57.8 Å². The van der Waals surface area contributed by atoms with Gasteiger partial charge in [-0.1, -0.05) is 13.8 Å². The normalized spacial score (nSPS) is 33.0. The lowest BCUT2D eigenvalue weighted by molar-refractivity contribution is -0.143. The van der Waals surface area contributed by atoms with Gasteiger partial charge in [0.2, 0.25) is 0 Å². The van der Waals surface area contributed by atoms with Crippen molar-refractivity contribution in [3.8, 4) is 0 Å². The van der Waals surface area contributed by atoms with Crippen LogP contribution in [-0.2, 0) is 16.0 Å². The van der Waals surface area contributed by atoms with E-state index in [4.69, 9.17) is 0 Å².